The molecular formula is C18H12ClF3N2O2. The van der Waals surface area contributed by atoms with E-state index in [-0.39, 0.29) is 22.7 Å². The number of aryl methyl sites for hydroxylation is 1. The van der Waals surface area contributed by atoms with Gasteiger partial charge in [-0.1, -0.05) is 35.0 Å². The van der Waals surface area contributed by atoms with Gasteiger partial charge in [-0.05, 0) is 37.3 Å². The van der Waals surface area contributed by atoms with Crippen molar-refractivity contribution in [1.82, 2.24) is 5.16 Å². The number of hydrogen-bond acceptors (Lipinski definition) is 3. The largest absolute Gasteiger partial charge is 0.416 e. The van der Waals surface area contributed by atoms with Gasteiger partial charge in [0.15, 0.2) is 0 Å². The molecule has 0 saturated heterocycles. The molecule has 0 spiro atoms. The third kappa shape index (κ3) is 3.72. The predicted molar refractivity (Wildman–Crippen MR) is 91.1 cm³/mol. The number of rotatable bonds is 3. The molecule has 0 aliphatic heterocycles. The zero-order valence-corrected chi connectivity index (χ0v) is 14.2. The van der Waals surface area contributed by atoms with Crippen LogP contribution in [0.2, 0.25) is 5.02 Å². The molecule has 0 saturated carbocycles. The second-order valence-corrected chi connectivity index (χ2v) is 5.94. The van der Waals surface area contributed by atoms with Gasteiger partial charge in [0, 0.05) is 16.3 Å². The lowest BCUT2D eigenvalue weighted by atomic mass is 10.1. The van der Waals surface area contributed by atoms with E-state index in [0.29, 0.717) is 10.6 Å². The molecule has 0 fully saturated rings. The number of nitrogens with zero attached hydrogens (tertiary/aromatic N) is 1. The Hall–Kier alpha value is -2.80. The van der Waals surface area contributed by atoms with Gasteiger partial charge in [0.05, 0.1) is 5.56 Å². The number of aromatic nitrogens is 1. The van der Waals surface area contributed by atoms with Crippen molar-refractivity contribution in [3.63, 3.8) is 0 Å². The lowest BCUT2D eigenvalue weighted by Crippen LogP contribution is -2.14. The van der Waals surface area contributed by atoms with Gasteiger partial charge in [0.1, 0.15) is 17.0 Å². The standard InChI is InChI=1S/C18H12ClF3N2O2/c1-10-15(16(24-26-10)11-4-2-6-13(19)8-11)17(25)23-14-7-3-5-12(9-14)18(20,21)22/h2-9H,1H3,(H,23,25). The van der Waals surface area contributed by atoms with Crippen molar-refractivity contribution in [3.05, 3.63) is 70.4 Å². The van der Waals surface area contributed by atoms with Gasteiger partial charge in [-0.25, -0.2) is 0 Å². The van der Waals surface area contributed by atoms with Crippen LogP contribution in [0, 0.1) is 6.92 Å². The summed E-state index contributed by atoms with van der Waals surface area (Å²) in [7, 11) is 0. The maximum Gasteiger partial charge on any atom is 0.416 e. The first-order chi connectivity index (χ1) is 12.3. The number of nitrogens with one attached hydrogen (secondary N) is 1. The van der Waals surface area contributed by atoms with E-state index in [4.69, 9.17) is 16.1 Å². The van der Waals surface area contributed by atoms with Crippen LogP contribution in [-0.2, 0) is 6.18 Å². The number of alkyl halides is 3. The normalized spacial score (nSPS) is 11.4. The van der Waals surface area contributed by atoms with E-state index in [1.807, 2.05) is 0 Å². The van der Waals surface area contributed by atoms with Crippen LogP contribution in [0.1, 0.15) is 21.7 Å². The van der Waals surface area contributed by atoms with Crippen LogP contribution in [0.5, 0.6) is 0 Å². The lowest BCUT2D eigenvalue weighted by molar-refractivity contribution is -0.137. The monoisotopic (exact) mass is 380 g/mol. The molecule has 134 valence electrons. The summed E-state index contributed by atoms with van der Waals surface area (Å²) in [5, 5.41) is 6.77. The predicted octanol–water partition coefficient (Wildman–Crippen LogP) is 5.57. The molecular weight excluding hydrogens is 369 g/mol. The van der Waals surface area contributed by atoms with Gasteiger partial charge < -0.3 is 9.84 Å². The maximum atomic E-state index is 12.8. The summed E-state index contributed by atoms with van der Waals surface area (Å²) < 4.78 is 43.5. The minimum atomic E-state index is -4.50. The zero-order valence-electron chi connectivity index (χ0n) is 13.4. The first kappa shape index (κ1) is 18.0. The molecule has 0 bridgehead atoms. The lowest BCUT2D eigenvalue weighted by Gasteiger charge is -2.10. The van der Waals surface area contributed by atoms with E-state index >= 15 is 0 Å². The average molecular weight is 381 g/mol. The Balaban J connectivity index is 1.93. The van der Waals surface area contributed by atoms with E-state index < -0.39 is 17.6 Å². The third-order valence-electron chi connectivity index (χ3n) is 3.64. The van der Waals surface area contributed by atoms with Crippen LogP contribution in [0.25, 0.3) is 11.3 Å². The molecule has 26 heavy (non-hydrogen) atoms. The highest BCUT2D eigenvalue weighted by atomic mass is 35.5. The minimum Gasteiger partial charge on any atom is -0.360 e. The highest BCUT2D eigenvalue weighted by Gasteiger charge is 2.30. The molecule has 0 atom stereocenters. The summed E-state index contributed by atoms with van der Waals surface area (Å²) in [6, 6.07) is 11.0. The molecule has 1 heterocycles. The number of hydrogen-bond donors (Lipinski definition) is 1. The minimum absolute atomic E-state index is 0.0162. The summed E-state index contributed by atoms with van der Waals surface area (Å²) >= 11 is 5.96. The molecule has 3 aromatic rings. The van der Waals surface area contributed by atoms with Crippen LogP contribution in [0.4, 0.5) is 18.9 Å². The number of benzene rings is 2. The summed E-state index contributed by atoms with van der Waals surface area (Å²) in [6.07, 6.45) is -4.50. The number of carbonyl (C=O) groups is 1. The zero-order chi connectivity index (χ0) is 18.9. The molecule has 0 aliphatic carbocycles. The van der Waals surface area contributed by atoms with Crippen LogP contribution in [0.15, 0.2) is 53.1 Å². The van der Waals surface area contributed by atoms with Crippen molar-refractivity contribution in [2.75, 3.05) is 5.32 Å². The van der Waals surface area contributed by atoms with Crippen molar-refractivity contribution >= 4 is 23.2 Å². The number of anilines is 1. The van der Waals surface area contributed by atoms with Crippen LogP contribution >= 0.6 is 11.6 Å². The number of amides is 1. The highest BCUT2D eigenvalue weighted by Crippen LogP contribution is 2.32. The molecule has 0 unspecified atom stereocenters. The van der Waals surface area contributed by atoms with Gasteiger partial charge in [0.2, 0.25) is 0 Å². The maximum absolute atomic E-state index is 12.8. The molecule has 0 aliphatic rings. The first-order valence-corrected chi connectivity index (χ1v) is 7.84. The smallest absolute Gasteiger partial charge is 0.360 e. The van der Waals surface area contributed by atoms with E-state index in [0.717, 1.165) is 12.1 Å². The van der Waals surface area contributed by atoms with Gasteiger partial charge in [-0.3, -0.25) is 4.79 Å². The molecule has 1 aromatic heterocycles. The summed E-state index contributed by atoms with van der Waals surface area (Å²) in [6.45, 7) is 1.54. The Morgan fingerprint density at radius 3 is 2.58 bits per heavy atom. The van der Waals surface area contributed by atoms with Crippen LogP contribution in [-0.4, -0.2) is 11.1 Å². The van der Waals surface area contributed by atoms with Crippen molar-refractivity contribution in [2.45, 2.75) is 13.1 Å². The molecule has 8 heteroatoms. The van der Waals surface area contributed by atoms with E-state index in [1.54, 1.807) is 31.2 Å². The van der Waals surface area contributed by atoms with Crippen LogP contribution < -0.4 is 5.32 Å². The van der Waals surface area contributed by atoms with Crippen molar-refractivity contribution < 1.29 is 22.5 Å². The van der Waals surface area contributed by atoms with E-state index in [9.17, 15) is 18.0 Å². The summed E-state index contributed by atoms with van der Waals surface area (Å²) in [4.78, 5) is 12.6. The number of carbonyl (C=O) groups excluding carboxylic acids is 1. The van der Waals surface area contributed by atoms with Gasteiger partial charge in [0.25, 0.3) is 5.91 Å². The fraction of sp³-hybridized carbons (Fsp3) is 0.111. The van der Waals surface area contributed by atoms with Gasteiger partial charge >= 0.3 is 6.18 Å². The van der Waals surface area contributed by atoms with E-state index in [2.05, 4.69) is 10.5 Å². The topological polar surface area (TPSA) is 55.1 Å². The summed E-state index contributed by atoms with van der Waals surface area (Å²) in [5.41, 5.74) is 0.109. The Morgan fingerprint density at radius 2 is 1.88 bits per heavy atom. The third-order valence-corrected chi connectivity index (χ3v) is 3.87. The molecule has 3 rings (SSSR count). The average Bonchev–Trinajstić information content (AvgIpc) is 2.96. The van der Waals surface area contributed by atoms with Gasteiger partial charge in [-0.2, -0.15) is 13.2 Å². The molecule has 4 nitrogen and oxygen atoms in total. The van der Waals surface area contributed by atoms with Crippen molar-refractivity contribution in [2.24, 2.45) is 0 Å². The molecule has 1 N–H and O–H groups in total. The Bertz CT molecular complexity index is 967. The first-order valence-electron chi connectivity index (χ1n) is 7.46. The van der Waals surface area contributed by atoms with Crippen LogP contribution in [0.3, 0.4) is 0 Å². The van der Waals surface area contributed by atoms with E-state index in [1.165, 1.54) is 12.1 Å². The van der Waals surface area contributed by atoms with Gasteiger partial charge in [-0.15, -0.1) is 0 Å². The fourth-order valence-corrected chi connectivity index (χ4v) is 2.63. The second-order valence-electron chi connectivity index (χ2n) is 5.51. The number of halogens is 4. The Kier molecular flexibility index (Phi) is 4.73. The molecule has 0 radical (unpaired) electrons. The Morgan fingerprint density at radius 1 is 1.15 bits per heavy atom. The fourth-order valence-electron chi connectivity index (χ4n) is 2.44. The highest BCUT2D eigenvalue weighted by molar-refractivity contribution is 6.30. The summed E-state index contributed by atoms with van der Waals surface area (Å²) in [5.74, 6) is -0.387. The Labute approximate surface area is 151 Å². The van der Waals surface area contributed by atoms with Crippen molar-refractivity contribution in [1.29, 1.82) is 0 Å². The van der Waals surface area contributed by atoms with Crippen molar-refractivity contribution in [3.8, 4) is 11.3 Å². The molecule has 2 aromatic carbocycles. The quantitative estimate of drug-likeness (QED) is 0.645. The molecule has 1 amide bonds. The SMILES string of the molecule is Cc1onc(-c2cccc(Cl)c2)c1C(=O)Nc1cccc(C(F)(F)F)c1. The second kappa shape index (κ2) is 6.84.